The Morgan fingerprint density at radius 1 is 1.06 bits per heavy atom. The van der Waals surface area contributed by atoms with E-state index in [0.717, 1.165) is 38.5 Å². The molecule has 0 aromatic heterocycles. The normalized spacial score (nSPS) is 35.7. The second kappa shape index (κ2) is 7.83. The van der Waals surface area contributed by atoms with Gasteiger partial charge < -0.3 is 4.74 Å². The van der Waals surface area contributed by atoms with E-state index in [9.17, 15) is 14.4 Å². The number of esters is 1. The van der Waals surface area contributed by atoms with E-state index in [-0.39, 0.29) is 34.9 Å². The number of allylic oxidation sites excluding steroid dienone is 4. The quantitative estimate of drug-likeness (QED) is 0.467. The van der Waals surface area contributed by atoms with Gasteiger partial charge >= 0.3 is 5.97 Å². The summed E-state index contributed by atoms with van der Waals surface area (Å²) >= 11 is 0. The SMILES string of the molecule is C[C@]12CCC(=O)C=C1CC[C@@H]1C2=CC[C@]2(C)[C@@H](C(=O)COC(=O)c3ccccc3)CC[C@@H]12. The largest absolute Gasteiger partial charge is 0.454 e. The maximum atomic E-state index is 13.2. The molecule has 0 aliphatic heterocycles. The fraction of sp³-hybridized carbons (Fsp3) is 0.536. The number of benzene rings is 1. The van der Waals surface area contributed by atoms with Crippen LogP contribution in [0.1, 0.15) is 69.2 Å². The van der Waals surface area contributed by atoms with Crippen LogP contribution in [0.5, 0.6) is 0 Å². The zero-order chi connectivity index (χ0) is 22.5. The Labute approximate surface area is 190 Å². The van der Waals surface area contributed by atoms with Crippen LogP contribution in [0.2, 0.25) is 0 Å². The summed E-state index contributed by atoms with van der Waals surface area (Å²) in [5, 5.41) is 0. The second-order valence-corrected chi connectivity index (χ2v) is 10.6. The lowest BCUT2D eigenvalue weighted by Crippen LogP contribution is -2.45. The molecule has 4 aliphatic carbocycles. The molecule has 5 atom stereocenters. The average Bonchev–Trinajstić information content (AvgIpc) is 3.15. The van der Waals surface area contributed by atoms with Gasteiger partial charge in [0.15, 0.2) is 18.2 Å². The third-order valence-electron chi connectivity index (χ3n) is 9.08. The summed E-state index contributed by atoms with van der Waals surface area (Å²) in [6.07, 6.45) is 10.8. The maximum absolute atomic E-state index is 13.2. The Bertz CT molecular complexity index is 1020. The number of hydrogen-bond donors (Lipinski definition) is 0. The van der Waals surface area contributed by atoms with Crippen LogP contribution >= 0.6 is 0 Å². The molecule has 168 valence electrons. The van der Waals surface area contributed by atoms with Gasteiger partial charge in [0.2, 0.25) is 0 Å². The van der Waals surface area contributed by atoms with Gasteiger partial charge in [0.1, 0.15) is 0 Å². The van der Waals surface area contributed by atoms with Crippen molar-refractivity contribution in [3.63, 3.8) is 0 Å². The summed E-state index contributed by atoms with van der Waals surface area (Å²) in [7, 11) is 0. The van der Waals surface area contributed by atoms with Crippen molar-refractivity contribution in [2.45, 2.75) is 58.8 Å². The Balaban J connectivity index is 1.33. The van der Waals surface area contributed by atoms with E-state index in [1.54, 1.807) is 24.3 Å². The van der Waals surface area contributed by atoms with Crippen molar-refractivity contribution in [3.05, 3.63) is 59.2 Å². The first-order chi connectivity index (χ1) is 15.3. The number of hydrogen-bond acceptors (Lipinski definition) is 4. The highest BCUT2D eigenvalue weighted by Crippen LogP contribution is 2.64. The van der Waals surface area contributed by atoms with Crippen LogP contribution in [0.3, 0.4) is 0 Å². The van der Waals surface area contributed by atoms with Crippen LogP contribution in [0, 0.1) is 28.6 Å². The van der Waals surface area contributed by atoms with E-state index in [2.05, 4.69) is 19.9 Å². The van der Waals surface area contributed by atoms with Crippen molar-refractivity contribution >= 4 is 17.5 Å². The van der Waals surface area contributed by atoms with Crippen molar-refractivity contribution in [3.8, 4) is 0 Å². The van der Waals surface area contributed by atoms with Crippen LogP contribution in [0.15, 0.2) is 53.6 Å². The average molecular weight is 433 g/mol. The molecule has 1 aromatic carbocycles. The lowest BCUT2D eigenvalue weighted by molar-refractivity contribution is -0.130. The summed E-state index contributed by atoms with van der Waals surface area (Å²) in [4.78, 5) is 37.5. The molecule has 2 saturated carbocycles. The van der Waals surface area contributed by atoms with Gasteiger partial charge in [-0.1, -0.05) is 49.3 Å². The fourth-order valence-electron chi connectivity index (χ4n) is 7.28. The maximum Gasteiger partial charge on any atom is 0.338 e. The second-order valence-electron chi connectivity index (χ2n) is 10.6. The molecule has 32 heavy (non-hydrogen) atoms. The van der Waals surface area contributed by atoms with Crippen LogP contribution < -0.4 is 0 Å². The number of rotatable bonds is 4. The molecule has 0 heterocycles. The molecule has 1 aromatic rings. The molecule has 5 rings (SSSR count). The zero-order valence-corrected chi connectivity index (χ0v) is 19.1. The van der Waals surface area contributed by atoms with Crippen molar-refractivity contribution in [2.75, 3.05) is 6.61 Å². The molecule has 0 radical (unpaired) electrons. The van der Waals surface area contributed by atoms with Crippen molar-refractivity contribution < 1.29 is 19.1 Å². The predicted octanol–water partition coefficient (Wildman–Crippen LogP) is 5.48. The van der Waals surface area contributed by atoms with Gasteiger partial charge in [0, 0.05) is 17.8 Å². The molecule has 2 fully saturated rings. The molecule has 0 saturated heterocycles. The van der Waals surface area contributed by atoms with E-state index in [4.69, 9.17) is 4.74 Å². The van der Waals surface area contributed by atoms with Crippen LogP contribution in [-0.4, -0.2) is 24.1 Å². The molecule has 4 heteroatoms. The molecular weight excluding hydrogens is 400 g/mol. The number of ketones is 2. The Hall–Kier alpha value is -2.49. The monoisotopic (exact) mass is 432 g/mol. The van der Waals surface area contributed by atoms with Gasteiger partial charge in [-0.05, 0) is 74.0 Å². The molecule has 0 spiro atoms. The Morgan fingerprint density at radius 3 is 2.62 bits per heavy atom. The van der Waals surface area contributed by atoms with E-state index in [0.29, 0.717) is 23.8 Å². The number of ether oxygens (including phenoxy) is 1. The summed E-state index contributed by atoms with van der Waals surface area (Å²) in [5.74, 6) is 0.809. The van der Waals surface area contributed by atoms with Crippen LogP contribution in [0.4, 0.5) is 0 Å². The van der Waals surface area contributed by atoms with Crippen LogP contribution in [0.25, 0.3) is 0 Å². The van der Waals surface area contributed by atoms with Crippen molar-refractivity contribution in [2.24, 2.45) is 28.6 Å². The van der Waals surface area contributed by atoms with Gasteiger partial charge in [0.05, 0.1) is 5.56 Å². The first-order valence-corrected chi connectivity index (χ1v) is 12.0. The van der Waals surface area contributed by atoms with E-state index in [1.165, 1.54) is 11.1 Å². The van der Waals surface area contributed by atoms with Gasteiger partial charge in [-0.2, -0.15) is 0 Å². The Morgan fingerprint density at radius 2 is 1.84 bits per heavy atom. The number of carbonyl (C=O) groups excluding carboxylic acids is 3. The third-order valence-corrected chi connectivity index (χ3v) is 9.08. The summed E-state index contributed by atoms with van der Waals surface area (Å²) in [6, 6.07) is 8.85. The van der Waals surface area contributed by atoms with Crippen molar-refractivity contribution in [1.29, 1.82) is 0 Å². The van der Waals surface area contributed by atoms with E-state index >= 15 is 0 Å². The first-order valence-electron chi connectivity index (χ1n) is 12.0. The smallest absolute Gasteiger partial charge is 0.338 e. The molecule has 4 nitrogen and oxygen atoms in total. The number of Topliss-reactive ketones (excluding diaryl/α,β-unsaturated/α-hetero) is 1. The molecular formula is C28H32O4. The highest BCUT2D eigenvalue weighted by molar-refractivity contribution is 5.93. The van der Waals surface area contributed by atoms with Crippen LogP contribution in [-0.2, 0) is 14.3 Å². The molecule has 0 unspecified atom stereocenters. The molecule has 0 N–H and O–H groups in total. The van der Waals surface area contributed by atoms with Gasteiger partial charge in [0.25, 0.3) is 0 Å². The Kier molecular flexibility index (Phi) is 5.22. The molecule has 0 amide bonds. The minimum Gasteiger partial charge on any atom is -0.454 e. The number of fused-ring (bicyclic) bond motifs is 5. The lowest BCUT2D eigenvalue weighted by atomic mass is 9.51. The van der Waals surface area contributed by atoms with Crippen molar-refractivity contribution in [1.82, 2.24) is 0 Å². The van der Waals surface area contributed by atoms with Gasteiger partial charge in [-0.25, -0.2) is 4.79 Å². The molecule has 0 bridgehead atoms. The predicted molar refractivity (Wildman–Crippen MR) is 122 cm³/mol. The topological polar surface area (TPSA) is 60.4 Å². The lowest BCUT2D eigenvalue weighted by Gasteiger charge is -2.53. The summed E-state index contributed by atoms with van der Waals surface area (Å²) in [6.45, 7) is 4.46. The van der Waals surface area contributed by atoms with Gasteiger partial charge in [-0.3, -0.25) is 9.59 Å². The summed E-state index contributed by atoms with van der Waals surface area (Å²) < 4.78 is 5.39. The third kappa shape index (κ3) is 3.30. The fourth-order valence-corrected chi connectivity index (χ4v) is 7.28. The summed E-state index contributed by atoms with van der Waals surface area (Å²) in [5.41, 5.74) is 3.26. The molecule has 4 aliphatic rings. The standard InChI is InChI=1S/C28H32O4/c1-27-14-12-20(29)16-19(27)8-9-21-22-10-11-24(28(22,2)15-13-23(21)27)25(30)17-32-26(31)18-6-4-3-5-7-18/h3-7,13,16,21-22,24H,8-12,14-15,17H2,1-2H3/t21-,22-,24+,27-,28-/m0/s1. The highest BCUT2D eigenvalue weighted by atomic mass is 16.5. The zero-order valence-electron chi connectivity index (χ0n) is 19.1. The highest BCUT2D eigenvalue weighted by Gasteiger charge is 2.57. The number of carbonyl (C=O) groups is 3. The van der Waals surface area contributed by atoms with Gasteiger partial charge in [-0.15, -0.1) is 0 Å². The van der Waals surface area contributed by atoms with E-state index < -0.39 is 5.97 Å². The minimum atomic E-state index is -0.434. The minimum absolute atomic E-state index is 0.0193. The first kappa shape index (κ1) is 21.4. The van der Waals surface area contributed by atoms with E-state index in [1.807, 2.05) is 12.1 Å².